The summed E-state index contributed by atoms with van der Waals surface area (Å²) in [4.78, 5) is 26.8. The third-order valence-corrected chi connectivity index (χ3v) is 7.23. The predicted molar refractivity (Wildman–Crippen MR) is 153 cm³/mol. The smallest absolute Gasteiger partial charge is 0.256 e. The molecule has 0 saturated heterocycles. The molecule has 202 valence electrons. The Kier molecular flexibility index (Phi) is 8.96. The highest BCUT2D eigenvalue weighted by Gasteiger charge is 2.24. The molecule has 0 saturated carbocycles. The minimum atomic E-state index is -3.18. The third-order valence-electron chi connectivity index (χ3n) is 5.89. The van der Waals surface area contributed by atoms with E-state index in [-0.39, 0.29) is 29.9 Å². The normalized spacial score (nSPS) is 10.9. The lowest BCUT2D eigenvalue weighted by molar-refractivity contribution is -0.114. The highest BCUT2D eigenvalue weighted by atomic mass is 35.5. The predicted octanol–water partition coefficient (Wildman–Crippen LogP) is 6.36. The molecule has 0 atom stereocenters. The summed E-state index contributed by atoms with van der Waals surface area (Å²) < 4.78 is 31.9. The Labute approximate surface area is 237 Å². The fourth-order valence-corrected chi connectivity index (χ4v) is 5.17. The van der Waals surface area contributed by atoms with Crippen LogP contribution in [0.5, 0.6) is 0 Å². The van der Waals surface area contributed by atoms with Gasteiger partial charge < -0.3 is 14.6 Å². The maximum absolute atomic E-state index is 13.6. The zero-order chi connectivity index (χ0) is 28.1. The number of anilines is 3. The molecule has 0 radical (unpaired) electrons. The minimum Gasteiger partial charge on any atom is -0.467 e. The van der Waals surface area contributed by atoms with E-state index in [4.69, 9.17) is 27.6 Å². The van der Waals surface area contributed by atoms with Gasteiger partial charge in [-0.05, 0) is 72.6 Å². The molecule has 0 aliphatic heterocycles. The zero-order valence-electron chi connectivity index (χ0n) is 21.1. The molecule has 4 aromatic rings. The van der Waals surface area contributed by atoms with E-state index in [9.17, 15) is 18.0 Å². The summed E-state index contributed by atoms with van der Waals surface area (Å²) in [6, 6.07) is 19.8. The molecule has 1 aromatic heterocycles. The van der Waals surface area contributed by atoms with Gasteiger partial charge in [-0.1, -0.05) is 41.4 Å². The largest absolute Gasteiger partial charge is 0.467 e. The van der Waals surface area contributed by atoms with Crippen molar-refractivity contribution in [2.75, 3.05) is 9.62 Å². The Morgan fingerprint density at radius 2 is 1.72 bits per heavy atom. The molecule has 1 N–H and O–H groups in total. The standard InChI is InChI=1S/C28H25Cl2N3O5S/c1-18-9-11-22(15-26(18)31-19(2)34)33(39(36)37)27-12-10-21(29)14-20(27)16-32(17-23-6-5-13-38-23)28(35)24-7-3-4-8-25(24)30/h3-15,39H,16-17H2,1-2H3,(H,31,34). The Morgan fingerprint density at radius 3 is 2.38 bits per heavy atom. The molecule has 2 amide bonds. The number of carbonyl (C=O) groups is 2. The molecular formula is C28H25Cl2N3O5S. The van der Waals surface area contributed by atoms with Crippen molar-refractivity contribution in [3.8, 4) is 0 Å². The lowest BCUT2D eigenvalue weighted by Gasteiger charge is -2.27. The molecule has 4 rings (SSSR count). The van der Waals surface area contributed by atoms with Gasteiger partial charge in [-0.3, -0.25) is 9.59 Å². The number of rotatable bonds is 9. The van der Waals surface area contributed by atoms with Gasteiger partial charge in [0.2, 0.25) is 16.8 Å². The van der Waals surface area contributed by atoms with Crippen LogP contribution in [-0.2, 0) is 28.8 Å². The number of furan rings is 1. The molecule has 11 heteroatoms. The minimum absolute atomic E-state index is 0.00919. The highest BCUT2D eigenvalue weighted by molar-refractivity contribution is 7.74. The molecule has 0 aliphatic carbocycles. The van der Waals surface area contributed by atoms with Crippen LogP contribution >= 0.6 is 23.2 Å². The molecule has 0 fully saturated rings. The van der Waals surface area contributed by atoms with Crippen LogP contribution in [0.4, 0.5) is 17.1 Å². The zero-order valence-corrected chi connectivity index (χ0v) is 23.5. The monoisotopic (exact) mass is 585 g/mol. The van der Waals surface area contributed by atoms with Crippen molar-refractivity contribution in [1.29, 1.82) is 0 Å². The van der Waals surface area contributed by atoms with Crippen LogP contribution in [0.1, 0.15) is 34.2 Å². The first-order valence-electron chi connectivity index (χ1n) is 11.8. The summed E-state index contributed by atoms with van der Waals surface area (Å²) in [5.41, 5.74) is 2.60. The molecule has 0 spiro atoms. The van der Waals surface area contributed by atoms with Gasteiger partial charge >= 0.3 is 0 Å². The molecule has 0 bridgehead atoms. The number of amides is 2. The fourth-order valence-electron chi connectivity index (χ4n) is 4.08. The van der Waals surface area contributed by atoms with E-state index in [1.54, 1.807) is 79.7 Å². The van der Waals surface area contributed by atoms with Crippen LogP contribution in [0.25, 0.3) is 0 Å². The highest BCUT2D eigenvalue weighted by Crippen LogP contribution is 2.34. The number of carbonyl (C=O) groups excluding carboxylic acids is 2. The van der Waals surface area contributed by atoms with Crippen molar-refractivity contribution in [1.82, 2.24) is 4.90 Å². The fraction of sp³-hybridized carbons (Fsp3) is 0.143. The van der Waals surface area contributed by atoms with E-state index < -0.39 is 10.9 Å². The lowest BCUT2D eigenvalue weighted by atomic mass is 10.1. The molecule has 39 heavy (non-hydrogen) atoms. The Morgan fingerprint density at radius 1 is 0.949 bits per heavy atom. The number of thiol groups is 1. The van der Waals surface area contributed by atoms with Gasteiger partial charge in [0.05, 0.1) is 34.8 Å². The van der Waals surface area contributed by atoms with Gasteiger partial charge in [-0.25, -0.2) is 12.7 Å². The number of halogens is 2. The van der Waals surface area contributed by atoms with Gasteiger partial charge in [-0.2, -0.15) is 0 Å². The van der Waals surface area contributed by atoms with Crippen molar-refractivity contribution < 1.29 is 22.4 Å². The topological polar surface area (TPSA) is 99.9 Å². The summed E-state index contributed by atoms with van der Waals surface area (Å²) in [6.45, 7) is 3.27. The maximum atomic E-state index is 13.6. The lowest BCUT2D eigenvalue weighted by Crippen LogP contribution is -2.31. The number of nitrogens with one attached hydrogen (secondary N) is 1. The summed E-state index contributed by atoms with van der Waals surface area (Å²) in [5.74, 6) is -0.124. The Balaban J connectivity index is 1.79. The van der Waals surface area contributed by atoms with Gasteiger partial charge in [0.15, 0.2) is 0 Å². The van der Waals surface area contributed by atoms with Crippen LogP contribution in [0.2, 0.25) is 10.0 Å². The summed E-state index contributed by atoms with van der Waals surface area (Å²) in [5, 5.41) is 3.37. The van der Waals surface area contributed by atoms with Crippen molar-refractivity contribution >= 4 is 63.0 Å². The second-order valence-electron chi connectivity index (χ2n) is 8.72. The second kappa shape index (κ2) is 12.4. The first-order chi connectivity index (χ1) is 18.6. The van der Waals surface area contributed by atoms with Gasteiger partial charge in [0.25, 0.3) is 5.91 Å². The SMILES string of the molecule is CC(=O)Nc1cc(N(c2ccc(Cl)cc2CN(Cc2ccco2)C(=O)c2ccccc2Cl)[SH](=O)=O)ccc1C. The van der Waals surface area contributed by atoms with Crippen LogP contribution in [0.15, 0.2) is 83.5 Å². The molecule has 1 heterocycles. The molecule has 8 nitrogen and oxygen atoms in total. The number of hydrogen-bond donors (Lipinski definition) is 2. The number of aryl methyl sites for hydroxylation is 1. The van der Waals surface area contributed by atoms with E-state index in [0.717, 1.165) is 9.87 Å². The van der Waals surface area contributed by atoms with Crippen molar-refractivity contribution in [3.63, 3.8) is 0 Å². The first-order valence-corrected chi connectivity index (χ1v) is 13.7. The van der Waals surface area contributed by atoms with Crippen LogP contribution < -0.4 is 9.62 Å². The van der Waals surface area contributed by atoms with Crippen LogP contribution in [0, 0.1) is 6.92 Å². The number of hydrogen-bond acceptors (Lipinski definition) is 5. The van der Waals surface area contributed by atoms with Crippen LogP contribution in [0.3, 0.4) is 0 Å². The van der Waals surface area contributed by atoms with Gasteiger partial charge in [-0.15, -0.1) is 0 Å². The van der Waals surface area contributed by atoms with E-state index in [1.807, 2.05) is 0 Å². The number of benzene rings is 3. The Bertz CT molecular complexity index is 1580. The summed E-state index contributed by atoms with van der Waals surface area (Å²) in [7, 11) is -3.18. The van der Waals surface area contributed by atoms with Crippen LogP contribution in [-0.4, -0.2) is 25.1 Å². The molecule has 0 unspecified atom stereocenters. The Hall–Kier alpha value is -3.79. The van der Waals surface area contributed by atoms with Gasteiger partial charge in [0, 0.05) is 24.2 Å². The molecular weight excluding hydrogens is 561 g/mol. The van der Waals surface area contributed by atoms with E-state index in [2.05, 4.69) is 5.32 Å². The van der Waals surface area contributed by atoms with E-state index in [0.29, 0.717) is 39.0 Å². The second-order valence-corrected chi connectivity index (χ2v) is 10.4. The molecule has 3 aromatic carbocycles. The van der Waals surface area contributed by atoms with E-state index >= 15 is 0 Å². The summed E-state index contributed by atoms with van der Waals surface area (Å²) in [6.07, 6.45) is 1.51. The number of nitrogens with zero attached hydrogens (tertiary/aromatic N) is 2. The van der Waals surface area contributed by atoms with Crippen molar-refractivity contribution in [2.45, 2.75) is 26.9 Å². The maximum Gasteiger partial charge on any atom is 0.256 e. The average molecular weight is 586 g/mol. The average Bonchev–Trinajstić information content (AvgIpc) is 3.39. The first kappa shape index (κ1) is 28.2. The van der Waals surface area contributed by atoms with Crippen molar-refractivity contribution in [3.05, 3.63) is 112 Å². The summed E-state index contributed by atoms with van der Waals surface area (Å²) >= 11 is 12.7. The van der Waals surface area contributed by atoms with Crippen molar-refractivity contribution in [2.24, 2.45) is 0 Å². The molecule has 0 aliphatic rings. The quantitative estimate of drug-likeness (QED) is 0.223. The third kappa shape index (κ3) is 6.81. The van der Waals surface area contributed by atoms with Gasteiger partial charge in [0.1, 0.15) is 5.76 Å². The van der Waals surface area contributed by atoms with E-state index in [1.165, 1.54) is 18.1 Å².